The summed E-state index contributed by atoms with van der Waals surface area (Å²) in [7, 11) is 0. The first-order chi connectivity index (χ1) is 9.54. The molecule has 0 amide bonds. The highest BCUT2D eigenvalue weighted by molar-refractivity contribution is 6.02. The first kappa shape index (κ1) is 16.3. The molecule has 0 aliphatic carbocycles. The number of nitrogens with two attached hydrogens (primary N) is 1. The van der Waals surface area contributed by atoms with E-state index in [9.17, 15) is 0 Å². The van der Waals surface area contributed by atoms with Crippen LogP contribution in [0.25, 0.3) is 0 Å². The van der Waals surface area contributed by atoms with Gasteiger partial charge in [-0.2, -0.15) is 0 Å². The van der Waals surface area contributed by atoms with Gasteiger partial charge in [-0.25, -0.2) is 0 Å². The molecule has 112 valence electrons. The lowest BCUT2D eigenvalue weighted by molar-refractivity contribution is 0.318. The number of hydrogen-bond acceptors (Lipinski definition) is 3. The van der Waals surface area contributed by atoms with Crippen LogP contribution in [-0.4, -0.2) is 23.6 Å². The number of para-hydroxylation sites is 1. The molecule has 0 heterocycles. The van der Waals surface area contributed by atoms with Crippen LogP contribution in [0.3, 0.4) is 0 Å². The Morgan fingerprint density at radius 2 is 1.85 bits per heavy atom. The van der Waals surface area contributed by atoms with E-state index in [1.54, 1.807) is 0 Å². The van der Waals surface area contributed by atoms with E-state index in [1.807, 2.05) is 24.3 Å². The van der Waals surface area contributed by atoms with Crippen molar-refractivity contribution in [2.75, 3.05) is 11.4 Å². The lowest BCUT2D eigenvalue weighted by Crippen LogP contribution is -2.38. The third-order valence-corrected chi connectivity index (χ3v) is 3.54. The molecule has 0 unspecified atom stereocenters. The van der Waals surface area contributed by atoms with Crippen LogP contribution in [-0.2, 0) is 0 Å². The Hall–Kier alpha value is -1.71. The van der Waals surface area contributed by atoms with Gasteiger partial charge in [-0.15, -0.1) is 0 Å². The molecule has 0 aliphatic rings. The summed E-state index contributed by atoms with van der Waals surface area (Å²) in [4.78, 5) is 2.39. The zero-order valence-electron chi connectivity index (χ0n) is 13.0. The molecule has 1 rings (SSSR count). The van der Waals surface area contributed by atoms with Crippen molar-refractivity contribution in [1.82, 2.24) is 0 Å². The van der Waals surface area contributed by atoms with Crippen molar-refractivity contribution in [3.05, 3.63) is 29.8 Å². The van der Waals surface area contributed by atoms with Gasteiger partial charge < -0.3 is 15.8 Å². The molecule has 1 aromatic rings. The summed E-state index contributed by atoms with van der Waals surface area (Å²) in [5.41, 5.74) is 7.66. The van der Waals surface area contributed by atoms with Crippen molar-refractivity contribution in [2.45, 2.75) is 46.6 Å². The second-order valence-corrected chi connectivity index (χ2v) is 5.52. The SMILES string of the molecule is CCC(CC)N(CC(C)C)c1ccccc1C(N)=NO. The van der Waals surface area contributed by atoms with E-state index in [0.717, 1.165) is 30.6 Å². The molecular weight excluding hydrogens is 250 g/mol. The number of rotatable bonds is 7. The highest BCUT2D eigenvalue weighted by Crippen LogP contribution is 2.26. The highest BCUT2D eigenvalue weighted by atomic mass is 16.4. The van der Waals surface area contributed by atoms with Gasteiger partial charge in [0, 0.05) is 23.8 Å². The fourth-order valence-corrected chi connectivity index (χ4v) is 2.56. The summed E-state index contributed by atoms with van der Waals surface area (Å²) in [6.07, 6.45) is 2.15. The molecule has 1 aromatic carbocycles. The molecule has 0 fully saturated rings. The van der Waals surface area contributed by atoms with Crippen LogP contribution in [0, 0.1) is 5.92 Å². The van der Waals surface area contributed by atoms with E-state index < -0.39 is 0 Å². The average Bonchev–Trinajstić information content (AvgIpc) is 2.46. The molecule has 3 N–H and O–H groups in total. The average molecular weight is 277 g/mol. The van der Waals surface area contributed by atoms with Crippen LogP contribution in [0.4, 0.5) is 5.69 Å². The minimum atomic E-state index is 0.167. The number of oxime groups is 1. The van der Waals surface area contributed by atoms with Crippen LogP contribution in [0.5, 0.6) is 0 Å². The van der Waals surface area contributed by atoms with Gasteiger partial charge in [-0.05, 0) is 30.9 Å². The van der Waals surface area contributed by atoms with E-state index in [1.165, 1.54) is 0 Å². The minimum absolute atomic E-state index is 0.167. The predicted octanol–water partition coefficient (Wildman–Crippen LogP) is 3.43. The summed E-state index contributed by atoms with van der Waals surface area (Å²) in [6, 6.07) is 8.33. The first-order valence-electron chi connectivity index (χ1n) is 7.38. The number of benzene rings is 1. The van der Waals surface area contributed by atoms with Crippen LogP contribution in [0.15, 0.2) is 29.4 Å². The number of hydrogen-bond donors (Lipinski definition) is 2. The van der Waals surface area contributed by atoms with Crippen LogP contribution in [0.1, 0.15) is 46.1 Å². The van der Waals surface area contributed by atoms with Gasteiger partial charge in [-0.3, -0.25) is 0 Å². The summed E-state index contributed by atoms with van der Waals surface area (Å²) in [5.74, 6) is 0.719. The summed E-state index contributed by atoms with van der Waals surface area (Å²) >= 11 is 0. The topological polar surface area (TPSA) is 61.8 Å². The van der Waals surface area contributed by atoms with Gasteiger partial charge in [-0.1, -0.05) is 45.0 Å². The Bertz CT molecular complexity index is 439. The zero-order chi connectivity index (χ0) is 15.1. The van der Waals surface area contributed by atoms with E-state index in [0.29, 0.717) is 12.0 Å². The Balaban J connectivity index is 3.26. The van der Waals surface area contributed by atoms with E-state index in [2.05, 4.69) is 37.8 Å². The van der Waals surface area contributed by atoms with Gasteiger partial charge in [0.25, 0.3) is 0 Å². The normalized spacial score (nSPS) is 12.2. The molecule has 0 atom stereocenters. The van der Waals surface area contributed by atoms with Crippen molar-refractivity contribution in [2.24, 2.45) is 16.8 Å². The number of amidine groups is 1. The van der Waals surface area contributed by atoms with Gasteiger partial charge in [0.15, 0.2) is 5.84 Å². The van der Waals surface area contributed by atoms with Gasteiger partial charge in [0.1, 0.15) is 0 Å². The Kier molecular flexibility index (Phi) is 6.36. The van der Waals surface area contributed by atoms with Crippen molar-refractivity contribution in [1.29, 1.82) is 0 Å². The summed E-state index contributed by atoms with van der Waals surface area (Å²) in [6.45, 7) is 9.78. The van der Waals surface area contributed by atoms with Crippen molar-refractivity contribution < 1.29 is 5.21 Å². The maximum Gasteiger partial charge on any atom is 0.172 e. The van der Waals surface area contributed by atoms with Crippen LogP contribution < -0.4 is 10.6 Å². The maximum absolute atomic E-state index is 8.97. The summed E-state index contributed by atoms with van der Waals surface area (Å²) in [5, 5.41) is 12.1. The third-order valence-electron chi connectivity index (χ3n) is 3.54. The largest absolute Gasteiger partial charge is 0.409 e. The lowest BCUT2D eigenvalue weighted by atomic mass is 10.0. The zero-order valence-corrected chi connectivity index (χ0v) is 13.0. The number of anilines is 1. The molecule has 0 radical (unpaired) electrons. The third kappa shape index (κ3) is 3.89. The molecule has 0 saturated heterocycles. The molecule has 4 nitrogen and oxygen atoms in total. The first-order valence-corrected chi connectivity index (χ1v) is 7.38. The Labute approximate surface area is 122 Å². The van der Waals surface area contributed by atoms with Gasteiger partial charge >= 0.3 is 0 Å². The van der Waals surface area contributed by atoms with E-state index in [4.69, 9.17) is 10.9 Å². The van der Waals surface area contributed by atoms with Crippen molar-refractivity contribution in [3.63, 3.8) is 0 Å². The van der Waals surface area contributed by atoms with E-state index >= 15 is 0 Å². The molecule has 0 aliphatic heterocycles. The second-order valence-electron chi connectivity index (χ2n) is 5.52. The standard InChI is InChI=1S/C16H27N3O/c1-5-13(6-2)19(11-12(3)4)15-10-8-7-9-14(15)16(17)18-20/h7-10,12-13,20H,5-6,11H2,1-4H3,(H2,17,18). The fraction of sp³-hybridized carbons (Fsp3) is 0.562. The quantitative estimate of drug-likeness (QED) is 0.347. The Morgan fingerprint density at radius 3 is 2.35 bits per heavy atom. The summed E-state index contributed by atoms with van der Waals surface area (Å²) < 4.78 is 0. The predicted molar refractivity (Wildman–Crippen MR) is 85.5 cm³/mol. The molecule has 4 heteroatoms. The van der Waals surface area contributed by atoms with Crippen LogP contribution in [0.2, 0.25) is 0 Å². The second kappa shape index (κ2) is 7.78. The fourth-order valence-electron chi connectivity index (χ4n) is 2.56. The van der Waals surface area contributed by atoms with Crippen LogP contribution >= 0.6 is 0 Å². The van der Waals surface area contributed by atoms with Gasteiger partial charge in [0.05, 0.1) is 0 Å². The Morgan fingerprint density at radius 1 is 1.25 bits per heavy atom. The monoisotopic (exact) mass is 277 g/mol. The maximum atomic E-state index is 8.97. The molecular formula is C16H27N3O. The smallest absolute Gasteiger partial charge is 0.172 e. The molecule has 0 saturated carbocycles. The molecule has 0 spiro atoms. The molecule has 20 heavy (non-hydrogen) atoms. The lowest BCUT2D eigenvalue weighted by Gasteiger charge is -2.35. The number of nitrogens with zero attached hydrogens (tertiary/aromatic N) is 2. The molecule has 0 bridgehead atoms. The van der Waals surface area contributed by atoms with E-state index in [-0.39, 0.29) is 5.84 Å². The minimum Gasteiger partial charge on any atom is -0.409 e. The van der Waals surface area contributed by atoms with Crippen molar-refractivity contribution in [3.8, 4) is 0 Å². The molecule has 0 aromatic heterocycles. The highest BCUT2D eigenvalue weighted by Gasteiger charge is 2.20. The van der Waals surface area contributed by atoms with Gasteiger partial charge in [0.2, 0.25) is 0 Å². The van der Waals surface area contributed by atoms with Crippen molar-refractivity contribution >= 4 is 11.5 Å².